The molecule has 2 rings (SSSR count). The second-order valence-corrected chi connectivity index (χ2v) is 12.8. The van der Waals surface area contributed by atoms with E-state index in [1.54, 1.807) is 19.1 Å². The van der Waals surface area contributed by atoms with Crippen LogP contribution < -0.4 is 21.7 Å². The Balaban J connectivity index is 1.89. The normalized spacial score (nSPS) is 12.2. The highest BCUT2D eigenvalue weighted by Gasteiger charge is 2.23. The molecule has 0 saturated heterocycles. The highest BCUT2D eigenvalue weighted by Crippen LogP contribution is 2.25. The average molecular weight is 667 g/mol. The van der Waals surface area contributed by atoms with Crippen molar-refractivity contribution in [3.05, 3.63) is 58.7 Å². The van der Waals surface area contributed by atoms with Crippen LogP contribution in [0.1, 0.15) is 149 Å². The van der Waals surface area contributed by atoms with Gasteiger partial charge in [0, 0.05) is 11.8 Å². The number of rotatable bonds is 21. The summed E-state index contributed by atoms with van der Waals surface area (Å²) in [5.74, 6) is -2.84. The number of phenols is 2. The summed E-state index contributed by atoms with van der Waals surface area (Å²) in [4.78, 5) is 51.9. The summed E-state index contributed by atoms with van der Waals surface area (Å²) in [6.45, 7) is 8.07. The SMILES string of the molecule is CCCCCCc1cccc(O)c1C(=O)NNC(=O)C(C)CCCC(CCCC)C(=O)NNC(=O)c1c(O)cccc1CCCCCC. The summed E-state index contributed by atoms with van der Waals surface area (Å²) in [7, 11) is 0. The Bertz CT molecular complexity index is 1310. The molecule has 6 N–H and O–H groups in total. The largest absolute Gasteiger partial charge is 0.507 e. The summed E-state index contributed by atoms with van der Waals surface area (Å²) in [5, 5.41) is 20.8. The Hall–Kier alpha value is -4.08. The molecule has 0 heterocycles. The fraction of sp³-hybridized carbons (Fsp3) is 0.579. The van der Waals surface area contributed by atoms with Gasteiger partial charge in [0.2, 0.25) is 11.8 Å². The van der Waals surface area contributed by atoms with E-state index in [9.17, 15) is 29.4 Å². The zero-order valence-electron chi connectivity index (χ0n) is 29.5. The molecule has 0 saturated carbocycles. The van der Waals surface area contributed by atoms with Crippen LogP contribution in [0.4, 0.5) is 0 Å². The van der Waals surface area contributed by atoms with E-state index >= 15 is 0 Å². The van der Waals surface area contributed by atoms with Gasteiger partial charge in [0.25, 0.3) is 11.8 Å². The lowest BCUT2D eigenvalue weighted by molar-refractivity contribution is -0.126. The van der Waals surface area contributed by atoms with Crippen LogP contribution in [0.25, 0.3) is 0 Å². The van der Waals surface area contributed by atoms with Crippen molar-refractivity contribution in [2.75, 3.05) is 0 Å². The zero-order valence-corrected chi connectivity index (χ0v) is 29.5. The molecule has 2 unspecified atom stereocenters. The molecule has 48 heavy (non-hydrogen) atoms. The molecule has 0 aliphatic heterocycles. The first-order valence-corrected chi connectivity index (χ1v) is 18.0. The van der Waals surface area contributed by atoms with Crippen LogP contribution in [0.2, 0.25) is 0 Å². The second-order valence-electron chi connectivity index (χ2n) is 12.8. The molecule has 0 aliphatic rings. The van der Waals surface area contributed by atoms with Crippen molar-refractivity contribution in [1.29, 1.82) is 0 Å². The molecule has 0 radical (unpaired) electrons. The minimum absolute atomic E-state index is 0.121. The number of hydrogen-bond acceptors (Lipinski definition) is 6. The molecule has 2 aromatic carbocycles. The van der Waals surface area contributed by atoms with Crippen molar-refractivity contribution in [2.45, 2.75) is 130 Å². The van der Waals surface area contributed by atoms with Gasteiger partial charge in [0.15, 0.2) is 0 Å². The first-order valence-electron chi connectivity index (χ1n) is 18.0. The summed E-state index contributed by atoms with van der Waals surface area (Å²) in [6.07, 6.45) is 13.6. The number of aryl methyl sites for hydroxylation is 2. The monoisotopic (exact) mass is 666 g/mol. The van der Waals surface area contributed by atoms with E-state index < -0.39 is 17.7 Å². The first kappa shape index (κ1) is 40.1. The highest BCUT2D eigenvalue weighted by molar-refractivity contribution is 6.00. The third-order valence-corrected chi connectivity index (χ3v) is 8.82. The van der Waals surface area contributed by atoms with Crippen LogP contribution in [0, 0.1) is 11.8 Å². The van der Waals surface area contributed by atoms with Crippen molar-refractivity contribution in [2.24, 2.45) is 11.8 Å². The molecule has 4 amide bonds. The number of phenolic OH excluding ortho intramolecular Hbond substituents is 2. The Morgan fingerprint density at radius 1 is 0.562 bits per heavy atom. The topological polar surface area (TPSA) is 157 Å². The minimum Gasteiger partial charge on any atom is -0.507 e. The lowest BCUT2D eigenvalue weighted by Gasteiger charge is -2.19. The number of carbonyl (C=O) groups excluding carboxylic acids is 4. The second kappa shape index (κ2) is 22.5. The van der Waals surface area contributed by atoms with Crippen LogP contribution in [0.5, 0.6) is 11.5 Å². The molecule has 10 heteroatoms. The van der Waals surface area contributed by atoms with E-state index in [1.807, 2.05) is 19.1 Å². The van der Waals surface area contributed by atoms with E-state index in [4.69, 9.17) is 0 Å². The highest BCUT2D eigenvalue weighted by atomic mass is 16.3. The fourth-order valence-electron chi connectivity index (χ4n) is 5.84. The summed E-state index contributed by atoms with van der Waals surface area (Å²) in [5.41, 5.74) is 11.8. The molecule has 0 spiro atoms. The Morgan fingerprint density at radius 3 is 1.50 bits per heavy atom. The van der Waals surface area contributed by atoms with E-state index in [0.717, 1.165) is 75.3 Å². The third kappa shape index (κ3) is 13.6. The zero-order chi connectivity index (χ0) is 35.3. The number of hydrazine groups is 2. The van der Waals surface area contributed by atoms with Crippen molar-refractivity contribution in [3.63, 3.8) is 0 Å². The van der Waals surface area contributed by atoms with Gasteiger partial charge in [-0.05, 0) is 68.2 Å². The maximum Gasteiger partial charge on any atom is 0.273 e. The molecule has 2 aromatic rings. The van der Waals surface area contributed by atoms with Gasteiger partial charge in [-0.3, -0.25) is 40.9 Å². The van der Waals surface area contributed by atoms with Gasteiger partial charge in [-0.15, -0.1) is 0 Å². The van der Waals surface area contributed by atoms with Crippen LogP contribution in [-0.2, 0) is 22.4 Å². The van der Waals surface area contributed by atoms with Gasteiger partial charge in [-0.2, -0.15) is 0 Å². The molecule has 10 nitrogen and oxygen atoms in total. The predicted molar refractivity (Wildman–Crippen MR) is 189 cm³/mol. The number of hydrogen-bond donors (Lipinski definition) is 6. The molecular weight excluding hydrogens is 608 g/mol. The van der Waals surface area contributed by atoms with E-state index in [-0.39, 0.29) is 40.4 Å². The lowest BCUT2D eigenvalue weighted by Crippen LogP contribution is -2.45. The van der Waals surface area contributed by atoms with Crippen LogP contribution in [0.15, 0.2) is 36.4 Å². The Kier molecular flexibility index (Phi) is 18.8. The van der Waals surface area contributed by atoms with E-state index in [1.165, 1.54) is 12.1 Å². The summed E-state index contributed by atoms with van der Waals surface area (Å²) >= 11 is 0. The first-order chi connectivity index (χ1) is 23.1. The molecule has 0 aliphatic carbocycles. The molecule has 2 atom stereocenters. The molecule has 0 bridgehead atoms. The Labute approximate surface area is 286 Å². The number of aromatic hydroxyl groups is 2. The standard InChI is InChI=1S/C38H58N4O6/c1-5-8-11-13-20-28-22-16-25-31(43)33(28)37(47)41-39-35(45)27(4)18-15-24-30(19-10-7-3)36(46)40-42-38(48)34-29(21-14-12-9-6-2)23-17-26-32(34)44/h16-17,22-23,25-27,30,43-44H,5-15,18-21,24H2,1-4H3,(H,39,45)(H,40,46)(H,41,47)(H,42,48). The number of carbonyl (C=O) groups is 4. The molecule has 0 aromatic heterocycles. The average Bonchev–Trinajstić information content (AvgIpc) is 3.07. The fourth-order valence-corrected chi connectivity index (χ4v) is 5.84. The Morgan fingerprint density at radius 2 is 1.02 bits per heavy atom. The van der Waals surface area contributed by atoms with Crippen LogP contribution in [-0.4, -0.2) is 33.8 Å². The van der Waals surface area contributed by atoms with Gasteiger partial charge in [0.1, 0.15) is 11.5 Å². The molecule has 266 valence electrons. The number of benzene rings is 2. The third-order valence-electron chi connectivity index (χ3n) is 8.82. The van der Waals surface area contributed by atoms with Gasteiger partial charge >= 0.3 is 0 Å². The molecule has 0 fully saturated rings. The lowest BCUT2D eigenvalue weighted by atomic mass is 9.92. The van der Waals surface area contributed by atoms with Crippen molar-refractivity contribution in [1.82, 2.24) is 21.7 Å². The van der Waals surface area contributed by atoms with Crippen molar-refractivity contribution < 1.29 is 29.4 Å². The van der Waals surface area contributed by atoms with Gasteiger partial charge in [-0.25, -0.2) is 0 Å². The van der Waals surface area contributed by atoms with Gasteiger partial charge in [0.05, 0.1) is 11.1 Å². The van der Waals surface area contributed by atoms with Gasteiger partial charge in [-0.1, -0.05) is 110 Å². The predicted octanol–water partition coefficient (Wildman–Crippen LogP) is 7.18. The summed E-state index contributed by atoms with van der Waals surface area (Å²) < 4.78 is 0. The number of unbranched alkanes of at least 4 members (excludes halogenated alkanes) is 7. The van der Waals surface area contributed by atoms with Crippen molar-refractivity contribution in [3.8, 4) is 11.5 Å². The van der Waals surface area contributed by atoms with E-state index in [0.29, 0.717) is 38.5 Å². The maximum atomic E-state index is 13.1. The van der Waals surface area contributed by atoms with Crippen LogP contribution in [0.3, 0.4) is 0 Å². The quantitative estimate of drug-likeness (QED) is 0.0612. The van der Waals surface area contributed by atoms with E-state index in [2.05, 4.69) is 35.6 Å². The maximum absolute atomic E-state index is 13.1. The molecular formula is C38H58N4O6. The summed E-state index contributed by atoms with van der Waals surface area (Å²) in [6, 6.07) is 10.0. The smallest absolute Gasteiger partial charge is 0.273 e. The minimum atomic E-state index is -0.565. The van der Waals surface area contributed by atoms with Gasteiger partial charge < -0.3 is 10.2 Å². The van der Waals surface area contributed by atoms with Crippen LogP contribution >= 0.6 is 0 Å². The van der Waals surface area contributed by atoms with Crippen molar-refractivity contribution >= 4 is 23.6 Å². The number of amides is 4. The number of nitrogens with one attached hydrogen (secondary N) is 4.